The summed E-state index contributed by atoms with van der Waals surface area (Å²) >= 11 is 0. The Hall–Kier alpha value is -1.38. The Morgan fingerprint density at radius 1 is 1.45 bits per heavy atom. The van der Waals surface area contributed by atoms with Crippen molar-refractivity contribution in [2.24, 2.45) is 0 Å². The van der Waals surface area contributed by atoms with Crippen molar-refractivity contribution in [3.63, 3.8) is 0 Å². The summed E-state index contributed by atoms with van der Waals surface area (Å²) in [4.78, 5) is 6.93. The number of aromatic nitrogens is 2. The van der Waals surface area contributed by atoms with Gasteiger partial charge in [0.25, 0.3) is 0 Å². The lowest BCUT2D eigenvalue weighted by Gasteiger charge is -1.86. The van der Waals surface area contributed by atoms with Gasteiger partial charge in [0.1, 0.15) is 11.3 Å². The molecule has 1 N–H and O–H groups in total. The molecule has 2 aromatic rings. The topological polar surface area (TPSA) is 28.7 Å². The smallest absolute Gasteiger partial charge is 0.151 e. The molecular formula is C8H7FN2. The highest BCUT2D eigenvalue weighted by Gasteiger charge is 2.02. The highest BCUT2D eigenvalue weighted by molar-refractivity contribution is 5.75. The molecular weight excluding hydrogens is 143 g/mol. The van der Waals surface area contributed by atoms with Gasteiger partial charge in [-0.3, -0.25) is 0 Å². The van der Waals surface area contributed by atoms with Crippen LogP contribution in [0.4, 0.5) is 4.39 Å². The van der Waals surface area contributed by atoms with Gasteiger partial charge >= 0.3 is 0 Å². The summed E-state index contributed by atoms with van der Waals surface area (Å²) in [6, 6.07) is 4.87. The van der Waals surface area contributed by atoms with Gasteiger partial charge in [-0.15, -0.1) is 0 Å². The minimum absolute atomic E-state index is 0.271. The first-order chi connectivity index (χ1) is 5.27. The first kappa shape index (κ1) is 6.34. The number of benzene rings is 1. The fourth-order valence-corrected chi connectivity index (χ4v) is 1.12. The van der Waals surface area contributed by atoms with Crippen molar-refractivity contribution in [2.75, 3.05) is 0 Å². The van der Waals surface area contributed by atoms with Crippen molar-refractivity contribution < 1.29 is 4.39 Å². The van der Waals surface area contributed by atoms with E-state index in [1.807, 2.05) is 0 Å². The largest absolute Gasteiger partial charge is 0.342 e. The van der Waals surface area contributed by atoms with E-state index in [1.54, 1.807) is 19.1 Å². The Balaban J connectivity index is 2.90. The zero-order chi connectivity index (χ0) is 7.84. The number of fused-ring (bicyclic) bond motifs is 1. The van der Waals surface area contributed by atoms with Gasteiger partial charge in [0.15, 0.2) is 5.82 Å². The number of aromatic amines is 1. The second kappa shape index (κ2) is 2.05. The van der Waals surface area contributed by atoms with Gasteiger partial charge in [0.2, 0.25) is 0 Å². The van der Waals surface area contributed by atoms with Gasteiger partial charge in [-0.2, -0.15) is 0 Å². The quantitative estimate of drug-likeness (QED) is 0.611. The van der Waals surface area contributed by atoms with Crippen LogP contribution in [0.25, 0.3) is 11.0 Å². The third kappa shape index (κ3) is 0.888. The van der Waals surface area contributed by atoms with Crippen molar-refractivity contribution in [2.45, 2.75) is 6.92 Å². The van der Waals surface area contributed by atoms with Gasteiger partial charge in [-0.25, -0.2) is 9.37 Å². The highest BCUT2D eigenvalue weighted by Crippen LogP contribution is 2.13. The number of rotatable bonds is 0. The van der Waals surface area contributed by atoms with Gasteiger partial charge in [-0.1, -0.05) is 6.07 Å². The zero-order valence-electron chi connectivity index (χ0n) is 6.06. The van der Waals surface area contributed by atoms with Crippen LogP contribution in [-0.4, -0.2) is 9.97 Å². The Bertz CT molecular complexity index is 392. The first-order valence-electron chi connectivity index (χ1n) is 3.38. The van der Waals surface area contributed by atoms with E-state index in [2.05, 4.69) is 9.97 Å². The normalized spacial score (nSPS) is 10.7. The average molecular weight is 150 g/mol. The molecule has 0 aliphatic heterocycles. The van der Waals surface area contributed by atoms with Crippen LogP contribution in [0, 0.1) is 12.7 Å². The predicted octanol–water partition coefficient (Wildman–Crippen LogP) is 2.01. The van der Waals surface area contributed by atoms with Gasteiger partial charge in [-0.05, 0) is 19.1 Å². The Morgan fingerprint density at radius 3 is 3.00 bits per heavy atom. The van der Waals surface area contributed by atoms with Crippen LogP contribution in [0.2, 0.25) is 0 Å². The van der Waals surface area contributed by atoms with Gasteiger partial charge in [0.05, 0.1) is 5.52 Å². The molecule has 2 rings (SSSR count). The van der Waals surface area contributed by atoms with E-state index in [1.165, 1.54) is 6.07 Å². The second-order valence-electron chi connectivity index (χ2n) is 2.46. The number of H-pyrrole nitrogens is 1. The van der Waals surface area contributed by atoms with Crippen LogP contribution in [0.3, 0.4) is 0 Å². The molecule has 0 amide bonds. The number of aryl methyl sites for hydroxylation is 1. The van der Waals surface area contributed by atoms with Crippen molar-refractivity contribution >= 4 is 11.0 Å². The summed E-state index contributed by atoms with van der Waals surface area (Å²) in [5, 5.41) is 0. The van der Waals surface area contributed by atoms with E-state index in [-0.39, 0.29) is 5.82 Å². The molecule has 0 saturated carbocycles. The van der Waals surface area contributed by atoms with E-state index >= 15 is 0 Å². The van der Waals surface area contributed by atoms with Crippen LogP contribution in [0.5, 0.6) is 0 Å². The molecule has 0 saturated heterocycles. The molecule has 0 bridgehead atoms. The number of nitrogens with zero attached hydrogens (tertiary/aromatic N) is 1. The summed E-state index contributed by atoms with van der Waals surface area (Å²) in [6.45, 7) is 1.80. The Labute approximate surface area is 63.1 Å². The number of nitrogens with one attached hydrogen (secondary N) is 1. The molecule has 1 aromatic heterocycles. The van der Waals surface area contributed by atoms with Gasteiger partial charge < -0.3 is 4.98 Å². The molecule has 0 fully saturated rings. The molecule has 0 spiro atoms. The SMILES string of the molecule is Cc1nc2c(F)cccc2[nH]1. The minimum atomic E-state index is -0.271. The second-order valence-corrected chi connectivity index (χ2v) is 2.46. The monoisotopic (exact) mass is 150 g/mol. The van der Waals surface area contributed by atoms with E-state index < -0.39 is 0 Å². The molecule has 11 heavy (non-hydrogen) atoms. The predicted molar refractivity (Wildman–Crippen MR) is 40.8 cm³/mol. The molecule has 0 aliphatic carbocycles. The number of halogens is 1. The maximum atomic E-state index is 12.9. The van der Waals surface area contributed by atoms with Crippen molar-refractivity contribution in [1.29, 1.82) is 0 Å². The summed E-state index contributed by atoms with van der Waals surface area (Å²) in [5.74, 6) is 0.469. The van der Waals surface area contributed by atoms with E-state index in [0.29, 0.717) is 5.52 Å². The maximum absolute atomic E-state index is 12.9. The molecule has 56 valence electrons. The number of hydrogen-bond donors (Lipinski definition) is 1. The number of para-hydroxylation sites is 1. The summed E-state index contributed by atoms with van der Waals surface area (Å²) in [6.07, 6.45) is 0. The van der Waals surface area contributed by atoms with E-state index in [9.17, 15) is 4.39 Å². The van der Waals surface area contributed by atoms with Crippen LogP contribution in [0.15, 0.2) is 18.2 Å². The molecule has 0 radical (unpaired) electrons. The molecule has 0 unspecified atom stereocenters. The van der Waals surface area contributed by atoms with Crippen molar-refractivity contribution in [1.82, 2.24) is 9.97 Å². The van der Waals surface area contributed by atoms with Crippen LogP contribution >= 0.6 is 0 Å². The lowest BCUT2D eigenvalue weighted by Crippen LogP contribution is -1.75. The third-order valence-corrected chi connectivity index (χ3v) is 1.58. The van der Waals surface area contributed by atoms with Gasteiger partial charge in [0, 0.05) is 0 Å². The summed E-state index contributed by atoms with van der Waals surface area (Å²) in [5.41, 5.74) is 1.17. The number of imidazole rings is 1. The first-order valence-corrected chi connectivity index (χ1v) is 3.38. The molecule has 0 aliphatic rings. The van der Waals surface area contributed by atoms with Crippen molar-refractivity contribution in [3.05, 3.63) is 29.8 Å². The average Bonchev–Trinajstić information content (AvgIpc) is 2.31. The van der Waals surface area contributed by atoms with Crippen LogP contribution in [0.1, 0.15) is 5.82 Å². The van der Waals surface area contributed by atoms with Crippen molar-refractivity contribution in [3.8, 4) is 0 Å². The highest BCUT2D eigenvalue weighted by atomic mass is 19.1. The van der Waals surface area contributed by atoms with E-state index in [4.69, 9.17) is 0 Å². The molecule has 1 aromatic carbocycles. The molecule has 1 heterocycles. The molecule has 3 heteroatoms. The lowest BCUT2D eigenvalue weighted by atomic mass is 10.3. The maximum Gasteiger partial charge on any atom is 0.151 e. The van der Waals surface area contributed by atoms with Crippen LogP contribution < -0.4 is 0 Å². The summed E-state index contributed by atoms with van der Waals surface area (Å²) < 4.78 is 12.9. The minimum Gasteiger partial charge on any atom is -0.342 e. The fourth-order valence-electron chi connectivity index (χ4n) is 1.12. The summed E-state index contributed by atoms with van der Waals surface area (Å²) in [7, 11) is 0. The lowest BCUT2D eigenvalue weighted by molar-refractivity contribution is 0.637. The fraction of sp³-hybridized carbons (Fsp3) is 0.125. The standard InChI is InChI=1S/C8H7FN2/c1-5-10-7-4-2-3-6(9)8(7)11-5/h2-4H,1H3,(H,10,11). The Morgan fingerprint density at radius 2 is 2.27 bits per heavy atom. The Kier molecular flexibility index (Phi) is 1.18. The molecule has 0 atom stereocenters. The molecule has 2 nitrogen and oxygen atoms in total. The van der Waals surface area contributed by atoms with E-state index in [0.717, 1.165) is 11.3 Å². The van der Waals surface area contributed by atoms with Crippen LogP contribution in [-0.2, 0) is 0 Å². The number of hydrogen-bond acceptors (Lipinski definition) is 1. The third-order valence-electron chi connectivity index (χ3n) is 1.58. The zero-order valence-corrected chi connectivity index (χ0v) is 6.06.